The van der Waals surface area contributed by atoms with Gasteiger partial charge in [-0.15, -0.1) is 5.73 Å². The van der Waals surface area contributed by atoms with E-state index in [1.807, 2.05) is 20.2 Å². The number of aromatic hydroxyl groups is 1. The molecule has 0 aromatic heterocycles. The van der Waals surface area contributed by atoms with E-state index in [0.717, 1.165) is 28.9 Å². The van der Waals surface area contributed by atoms with Crippen molar-refractivity contribution >= 4 is 22.6 Å². The molecule has 20 heavy (non-hydrogen) atoms. The van der Waals surface area contributed by atoms with Crippen molar-refractivity contribution in [1.29, 1.82) is 0 Å². The molecule has 0 saturated heterocycles. The molecule has 0 heterocycles. The second-order valence-electron chi connectivity index (χ2n) is 5.07. The summed E-state index contributed by atoms with van der Waals surface area (Å²) < 4.78 is 0. The summed E-state index contributed by atoms with van der Waals surface area (Å²) in [5.74, 6) is 0.681. The third-order valence-electron chi connectivity index (χ3n) is 3.22. The Morgan fingerprint density at radius 2 is 1.80 bits per heavy atom. The van der Waals surface area contributed by atoms with Crippen LogP contribution < -0.4 is 16.0 Å². The Hall–Kier alpha value is -2.06. The van der Waals surface area contributed by atoms with Crippen LogP contribution in [0.2, 0.25) is 0 Å². The van der Waals surface area contributed by atoms with Crippen LogP contribution in [0.15, 0.2) is 18.4 Å². The van der Waals surface area contributed by atoms with Crippen molar-refractivity contribution in [2.75, 3.05) is 37.1 Å². The molecule has 0 aliphatic rings. The molecular formula is C16H25N3O. The Morgan fingerprint density at radius 1 is 1.20 bits per heavy atom. The van der Waals surface area contributed by atoms with Crippen LogP contribution in [0, 0.1) is 5.92 Å². The maximum absolute atomic E-state index is 10.6. The molecule has 0 spiro atoms. The summed E-state index contributed by atoms with van der Waals surface area (Å²) in [6.45, 7) is 8.03. The summed E-state index contributed by atoms with van der Waals surface area (Å²) in [5, 5.41) is 19.8. The van der Waals surface area contributed by atoms with Gasteiger partial charge in [-0.2, -0.15) is 0 Å². The maximum atomic E-state index is 10.6. The van der Waals surface area contributed by atoms with Crippen LogP contribution in [-0.2, 0) is 0 Å². The van der Waals surface area contributed by atoms with Crippen LogP contribution in [0.3, 0.4) is 0 Å². The first-order valence-electron chi connectivity index (χ1n) is 6.82. The number of benzene rings is 1. The lowest BCUT2D eigenvalue weighted by Crippen LogP contribution is -2.04. The summed E-state index contributed by atoms with van der Waals surface area (Å²) in [6.07, 6.45) is 0.813. The Kier molecular flexibility index (Phi) is 5.53. The van der Waals surface area contributed by atoms with Gasteiger partial charge in [0.15, 0.2) is 5.75 Å². The average Bonchev–Trinajstić information content (AvgIpc) is 2.43. The first-order chi connectivity index (χ1) is 9.49. The van der Waals surface area contributed by atoms with Gasteiger partial charge < -0.3 is 21.1 Å². The van der Waals surface area contributed by atoms with Gasteiger partial charge in [0.25, 0.3) is 0 Å². The number of phenols is 1. The van der Waals surface area contributed by atoms with E-state index in [1.165, 1.54) is 0 Å². The van der Waals surface area contributed by atoms with Crippen molar-refractivity contribution < 1.29 is 5.11 Å². The van der Waals surface area contributed by atoms with Crippen LogP contribution in [0.5, 0.6) is 5.75 Å². The molecule has 4 nitrogen and oxygen atoms in total. The van der Waals surface area contributed by atoms with Gasteiger partial charge >= 0.3 is 0 Å². The number of hydrogen-bond donors (Lipinski definition) is 4. The van der Waals surface area contributed by atoms with Crippen molar-refractivity contribution in [1.82, 2.24) is 0 Å². The lowest BCUT2D eigenvalue weighted by Gasteiger charge is -2.20. The lowest BCUT2D eigenvalue weighted by atomic mass is 9.94. The molecule has 0 unspecified atom stereocenters. The van der Waals surface area contributed by atoms with Crippen molar-refractivity contribution in [3.05, 3.63) is 23.9 Å². The fourth-order valence-electron chi connectivity index (χ4n) is 2.29. The smallest absolute Gasteiger partial charge is 0.150 e. The normalized spacial score (nSPS) is 10.1. The van der Waals surface area contributed by atoms with Gasteiger partial charge in [-0.25, -0.2) is 0 Å². The van der Waals surface area contributed by atoms with E-state index >= 15 is 0 Å². The lowest BCUT2D eigenvalue weighted by molar-refractivity contribution is 0.475. The molecule has 1 aromatic carbocycles. The third kappa shape index (κ3) is 3.09. The summed E-state index contributed by atoms with van der Waals surface area (Å²) >= 11 is 0. The Balaban J connectivity index is 3.55. The van der Waals surface area contributed by atoms with E-state index in [-0.39, 0.29) is 5.75 Å². The molecule has 0 amide bonds. The Bertz CT molecular complexity index is 529. The zero-order valence-electron chi connectivity index (χ0n) is 13.0. The number of nitrogens with one attached hydrogen (secondary N) is 3. The van der Waals surface area contributed by atoms with E-state index < -0.39 is 0 Å². The molecule has 0 saturated carbocycles. The van der Waals surface area contributed by atoms with Crippen LogP contribution in [0.25, 0.3) is 5.57 Å². The molecule has 110 valence electrons. The summed E-state index contributed by atoms with van der Waals surface area (Å²) in [7, 11) is 5.46. The number of rotatable bonds is 6. The van der Waals surface area contributed by atoms with Gasteiger partial charge in [0.2, 0.25) is 0 Å². The minimum Gasteiger partial charge on any atom is -0.505 e. The van der Waals surface area contributed by atoms with Gasteiger partial charge in [0, 0.05) is 32.4 Å². The molecule has 0 atom stereocenters. The zero-order chi connectivity index (χ0) is 15.3. The number of phenolic OH excluding ortho intramolecular Hbond substituents is 1. The molecule has 4 heteroatoms. The first-order valence-corrected chi connectivity index (χ1v) is 6.82. The van der Waals surface area contributed by atoms with Gasteiger partial charge in [-0.1, -0.05) is 20.4 Å². The standard InChI is InChI=1S/C16H25N3O/c1-7-11(8-10(2)3)14-12(17-4)9-13(18-5)15(19-6)16(14)20/h9-10,17-20H,1,8H2,2-6H3. The van der Waals surface area contributed by atoms with Crippen molar-refractivity contribution in [2.24, 2.45) is 5.92 Å². The summed E-state index contributed by atoms with van der Waals surface area (Å²) in [4.78, 5) is 0. The molecule has 1 aromatic rings. The van der Waals surface area contributed by atoms with Gasteiger partial charge in [-0.05, 0) is 18.4 Å². The predicted molar refractivity (Wildman–Crippen MR) is 88.7 cm³/mol. The number of anilines is 3. The monoisotopic (exact) mass is 275 g/mol. The molecule has 0 aliphatic heterocycles. The highest BCUT2D eigenvalue weighted by Crippen LogP contribution is 2.44. The van der Waals surface area contributed by atoms with E-state index in [2.05, 4.69) is 42.1 Å². The molecule has 0 bridgehead atoms. The average molecular weight is 275 g/mol. The van der Waals surface area contributed by atoms with Gasteiger partial charge in [0.05, 0.1) is 11.3 Å². The second-order valence-corrected chi connectivity index (χ2v) is 5.07. The third-order valence-corrected chi connectivity index (χ3v) is 3.22. The Labute approximate surface area is 121 Å². The minimum absolute atomic E-state index is 0.218. The van der Waals surface area contributed by atoms with Crippen LogP contribution >= 0.6 is 0 Å². The molecule has 0 radical (unpaired) electrons. The fraction of sp³-hybridized carbons (Fsp3) is 0.438. The Morgan fingerprint density at radius 3 is 2.20 bits per heavy atom. The van der Waals surface area contributed by atoms with Crippen LogP contribution in [0.1, 0.15) is 25.8 Å². The largest absolute Gasteiger partial charge is 0.505 e. The fourth-order valence-corrected chi connectivity index (χ4v) is 2.29. The van der Waals surface area contributed by atoms with Gasteiger partial charge in [0.1, 0.15) is 5.69 Å². The molecule has 0 fully saturated rings. The predicted octanol–water partition coefficient (Wildman–Crippen LogP) is 3.73. The highest BCUT2D eigenvalue weighted by molar-refractivity contribution is 5.91. The van der Waals surface area contributed by atoms with Crippen molar-refractivity contribution in [2.45, 2.75) is 20.3 Å². The second kappa shape index (κ2) is 6.92. The van der Waals surface area contributed by atoms with E-state index in [9.17, 15) is 5.11 Å². The minimum atomic E-state index is 0.218. The van der Waals surface area contributed by atoms with E-state index in [0.29, 0.717) is 11.6 Å². The summed E-state index contributed by atoms with van der Waals surface area (Å²) in [6, 6.07) is 1.97. The molecule has 1 rings (SSSR count). The quantitative estimate of drug-likeness (QED) is 0.472. The van der Waals surface area contributed by atoms with Crippen LogP contribution in [-0.4, -0.2) is 26.2 Å². The number of allylic oxidation sites excluding steroid dienone is 1. The maximum Gasteiger partial charge on any atom is 0.150 e. The van der Waals surface area contributed by atoms with Crippen LogP contribution in [0.4, 0.5) is 17.1 Å². The topological polar surface area (TPSA) is 56.3 Å². The molecular weight excluding hydrogens is 250 g/mol. The summed E-state index contributed by atoms with van der Waals surface area (Å²) in [5.41, 5.74) is 7.03. The molecule has 4 N–H and O–H groups in total. The number of hydrogen-bond acceptors (Lipinski definition) is 4. The SMILES string of the molecule is C=C=C(CC(C)C)c1c(NC)cc(NC)c(NC)c1O. The van der Waals surface area contributed by atoms with E-state index in [4.69, 9.17) is 0 Å². The van der Waals surface area contributed by atoms with E-state index in [1.54, 1.807) is 7.05 Å². The molecule has 0 aliphatic carbocycles. The zero-order valence-corrected chi connectivity index (χ0v) is 13.0. The van der Waals surface area contributed by atoms with Gasteiger partial charge in [-0.3, -0.25) is 0 Å². The first kappa shape index (κ1) is 16.0. The van der Waals surface area contributed by atoms with Crippen molar-refractivity contribution in [3.8, 4) is 5.75 Å². The van der Waals surface area contributed by atoms with Crippen molar-refractivity contribution in [3.63, 3.8) is 0 Å². The highest BCUT2D eigenvalue weighted by Gasteiger charge is 2.19. The highest BCUT2D eigenvalue weighted by atomic mass is 16.3.